The fourth-order valence-electron chi connectivity index (χ4n) is 1.18. The van der Waals surface area contributed by atoms with E-state index in [4.69, 9.17) is 11.6 Å². The summed E-state index contributed by atoms with van der Waals surface area (Å²) in [6, 6.07) is 1.79. The first-order valence-electron chi connectivity index (χ1n) is 3.66. The van der Waals surface area contributed by atoms with Crippen LogP contribution in [0.2, 0.25) is 5.15 Å². The van der Waals surface area contributed by atoms with Crippen molar-refractivity contribution in [3.05, 3.63) is 28.7 Å². The van der Waals surface area contributed by atoms with E-state index in [0.29, 0.717) is 5.15 Å². The molecule has 0 saturated heterocycles. The van der Waals surface area contributed by atoms with Gasteiger partial charge in [0.05, 0.1) is 6.20 Å². The second-order valence-electron chi connectivity index (χ2n) is 2.78. The van der Waals surface area contributed by atoms with Crippen LogP contribution in [0.5, 0.6) is 0 Å². The second-order valence-corrected chi connectivity index (χ2v) is 3.17. The summed E-state index contributed by atoms with van der Waals surface area (Å²) in [6.45, 7) is 3.91. The first-order chi connectivity index (χ1) is 5.68. The van der Waals surface area contributed by atoms with Gasteiger partial charge in [-0.05, 0) is 19.9 Å². The van der Waals surface area contributed by atoms with Crippen molar-refractivity contribution in [1.82, 2.24) is 14.6 Å². The van der Waals surface area contributed by atoms with E-state index in [1.807, 2.05) is 13.8 Å². The van der Waals surface area contributed by atoms with Gasteiger partial charge in [-0.25, -0.2) is 9.50 Å². The molecule has 0 aliphatic carbocycles. The number of hydrogen-bond acceptors (Lipinski definition) is 2. The molecule has 0 spiro atoms. The molecule has 0 aliphatic heterocycles. The molecule has 4 heteroatoms. The van der Waals surface area contributed by atoms with Crippen molar-refractivity contribution in [2.24, 2.45) is 0 Å². The van der Waals surface area contributed by atoms with Gasteiger partial charge in [0.25, 0.3) is 0 Å². The van der Waals surface area contributed by atoms with Gasteiger partial charge in [0.1, 0.15) is 5.15 Å². The van der Waals surface area contributed by atoms with Crippen LogP contribution in [-0.4, -0.2) is 14.6 Å². The molecule has 0 aromatic carbocycles. The summed E-state index contributed by atoms with van der Waals surface area (Å²) >= 11 is 5.80. The van der Waals surface area contributed by atoms with Gasteiger partial charge in [-0.2, -0.15) is 5.10 Å². The lowest BCUT2D eigenvalue weighted by molar-refractivity contribution is 0.895. The Hall–Kier alpha value is -1.09. The highest BCUT2D eigenvalue weighted by Crippen LogP contribution is 2.13. The van der Waals surface area contributed by atoms with Crippen LogP contribution in [0.1, 0.15) is 11.3 Å². The van der Waals surface area contributed by atoms with E-state index in [1.165, 1.54) is 0 Å². The largest absolute Gasteiger partial charge is 0.219 e. The van der Waals surface area contributed by atoms with Crippen molar-refractivity contribution in [2.45, 2.75) is 13.8 Å². The lowest BCUT2D eigenvalue weighted by atomic mass is 10.4. The van der Waals surface area contributed by atoms with Gasteiger partial charge in [0.2, 0.25) is 0 Å². The fraction of sp³-hybridized carbons (Fsp3) is 0.250. The van der Waals surface area contributed by atoms with E-state index in [2.05, 4.69) is 10.1 Å². The normalized spacial score (nSPS) is 10.9. The van der Waals surface area contributed by atoms with Gasteiger partial charge in [-0.3, -0.25) is 0 Å². The van der Waals surface area contributed by atoms with Crippen molar-refractivity contribution in [3.63, 3.8) is 0 Å². The minimum atomic E-state index is 0.517. The molecule has 0 aliphatic rings. The predicted octanol–water partition coefficient (Wildman–Crippen LogP) is 2.00. The monoisotopic (exact) mass is 181 g/mol. The van der Waals surface area contributed by atoms with Crippen LogP contribution in [0.3, 0.4) is 0 Å². The zero-order valence-electron chi connectivity index (χ0n) is 6.87. The van der Waals surface area contributed by atoms with Crippen LogP contribution in [0.15, 0.2) is 12.3 Å². The quantitative estimate of drug-likeness (QED) is 0.582. The molecule has 0 amide bonds. The van der Waals surface area contributed by atoms with Gasteiger partial charge < -0.3 is 0 Å². The third-order valence-corrected chi connectivity index (χ3v) is 1.99. The number of nitrogens with zero attached hydrogens (tertiary/aromatic N) is 3. The lowest BCUT2D eigenvalue weighted by Crippen LogP contribution is -1.95. The molecule has 2 heterocycles. The minimum absolute atomic E-state index is 0.517. The molecule has 0 unspecified atom stereocenters. The molecule has 0 saturated carbocycles. The number of aryl methyl sites for hydroxylation is 2. The highest BCUT2D eigenvalue weighted by Gasteiger charge is 2.03. The van der Waals surface area contributed by atoms with E-state index in [9.17, 15) is 0 Å². The van der Waals surface area contributed by atoms with Gasteiger partial charge in [-0.1, -0.05) is 11.6 Å². The standard InChI is InChI=1S/C8H8ClN3/c1-5-4-10-12-6(2)3-7(9)11-8(5)12/h3-4H,1-2H3. The van der Waals surface area contributed by atoms with Crippen LogP contribution in [0.25, 0.3) is 5.65 Å². The fourth-order valence-corrected chi connectivity index (χ4v) is 1.42. The van der Waals surface area contributed by atoms with Gasteiger partial charge in [0.15, 0.2) is 5.65 Å². The molecule has 2 rings (SSSR count). The summed E-state index contributed by atoms with van der Waals surface area (Å²) in [5.74, 6) is 0. The van der Waals surface area contributed by atoms with Crippen molar-refractivity contribution in [1.29, 1.82) is 0 Å². The number of rotatable bonds is 0. The van der Waals surface area contributed by atoms with Crippen molar-refractivity contribution in [3.8, 4) is 0 Å². The topological polar surface area (TPSA) is 30.2 Å². The van der Waals surface area contributed by atoms with E-state index >= 15 is 0 Å². The SMILES string of the molecule is Cc1cnn2c(C)cc(Cl)nc12. The van der Waals surface area contributed by atoms with Crippen LogP contribution in [0.4, 0.5) is 0 Å². The zero-order valence-corrected chi connectivity index (χ0v) is 7.63. The second kappa shape index (κ2) is 2.45. The smallest absolute Gasteiger partial charge is 0.159 e. The van der Waals surface area contributed by atoms with Gasteiger partial charge in [-0.15, -0.1) is 0 Å². The van der Waals surface area contributed by atoms with Gasteiger partial charge >= 0.3 is 0 Å². The van der Waals surface area contributed by atoms with E-state index in [1.54, 1.807) is 16.8 Å². The highest BCUT2D eigenvalue weighted by atomic mass is 35.5. The summed E-state index contributed by atoms with van der Waals surface area (Å²) in [5, 5.41) is 4.67. The molecule has 0 bridgehead atoms. The molecule has 0 fully saturated rings. The van der Waals surface area contributed by atoms with E-state index in [0.717, 1.165) is 16.9 Å². The van der Waals surface area contributed by atoms with Crippen molar-refractivity contribution in [2.75, 3.05) is 0 Å². The third-order valence-electron chi connectivity index (χ3n) is 1.79. The maximum absolute atomic E-state index is 5.80. The first kappa shape index (κ1) is 7.55. The molecule has 12 heavy (non-hydrogen) atoms. The molecule has 3 nitrogen and oxygen atoms in total. The van der Waals surface area contributed by atoms with Crippen molar-refractivity contribution >= 4 is 17.2 Å². The van der Waals surface area contributed by atoms with Crippen LogP contribution in [0, 0.1) is 13.8 Å². The lowest BCUT2D eigenvalue weighted by Gasteiger charge is -1.98. The first-order valence-corrected chi connectivity index (χ1v) is 4.04. The molecule has 0 N–H and O–H groups in total. The Morgan fingerprint density at radius 3 is 2.92 bits per heavy atom. The van der Waals surface area contributed by atoms with Gasteiger partial charge in [0, 0.05) is 11.3 Å². The summed E-state index contributed by atoms with van der Waals surface area (Å²) < 4.78 is 1.78. The Labute approximate surface area is 75.0 Å². The Balaban J connectivity index is 2.92. The Bertz CT molecular complexity index is 433. The summed E-state index contributed by atoms with van der Waals surface area (Å²) in [5.41, 5.74) is 2.87. The molecule has 2 aromatic rings. The van der Waals surface area contributed by atoms with Crippen LogP contribution < -0.4 is 0 Å². The molecular formula is C8H8ClN3. The molecule has 0 atom stereocenters. The Kier molecular flexibility index (Phi) is 1.54. The Morgan fingerprint density at radius 1 is 1.42 bits per heavy atom. The number of aromatic nitrogens is 3. The number of hydrogen-bond donors (Lipinski definition) is 0. The molecular weight excluding hydrogens is 174 g/mol. The average Bonchev–Trinajstić information content (AvgIpc) is 2.33. The molecule has 2 aromatic heterocycles. The average molecular weight is 182 g/mol. The number of fused-ring (bicyclic) bond motifs is 1. The zero-order chi connectivity index (χ0) is 8.72. The number of halogens is 1. The van der Waals surface area contributed by atoms with E-state index < -0.39 is 0 Å². The Morgan fingerprint density at radius 2 is 2.17 bits per heavy atom. The summed E-state index contributed by atoms with van der Waals surface area (Å²) in [6.07, 6.45) is 1.78. The molecule has 62 valence electrons. The van der Waals surface area contributed by atoms with Crippen LogP contribution in [-0.2, 0) is 0 Å². The highest BCUT2D eigenvalue weighted by molar-refractivity contribution is 6.29. The maximum atomic E-state index is 5.80. The van der Waals surface area contributed by atoms with Crippen molar-refractivity contribution < 1.29 is 0 Å². The van der Waals surface area contributed by atoms with Crippen LogP contribution >= 0.6 is 11.6 Å². The minimum Gasteiger partial charge on any atom is -0.219 e. The summed E-state index contributed by atoms with van der Waals surface area (Å²) in [7, 11) is 0. The third kappa shape index (κ3) is 0.975. The van der Waals surface area contributed by atoms with E-state index in [-0.39, 0.29) is 0 Å². The molecule has 0 radical (unpaired) electrons. The maximum Gasteiger partial charge on any atom is 0.159 e. The predicted molar refractivity (Wildman–Crippen MR) is 47.5 cm³/mol. The summed E-state index contributed by atoms with van der Waals surface area (Å²) in [4.78, 5) is 4.16.